The van der Waals surface area contributed by atoms with Gasteiger partial charge in [0.1, 0.15) is 17.6 Å². The normalized spacial score (nSPS) is 22.3. The van der Waals surface area contributed by atoms with E-state index in [-0.39, 0.29) is 17.4 Å². The molecule has 0 bridgehead atoms. The number of ether oxygens (including phenoxy) is 4. The molecule has 214 valence electrons. The number of aliphatic hydroxyl groups is 1. The van der Waals surface area contributed by atoms with Crippen molar-refractivity contribution >= 4 is 17.4 Å². The molecule has 0 aromatic heterocycles. The number of carbonyl (C=O) groups is 2. The molecule has 1 amide bonds. The maximum absolute atomic E-state index is 13.5. The molecule has 0 unspecified atom stereocenters. The summed E-state index contributed by atoms with van der Waals surface area (Å²) in [5.41, 5.74) is 2.20. The molecule has 2 saturated heterocycles. The minimum atomic E-state index is -0.774. The predicted molar refractivity (Wildman–Crippen MR) is 150 cm³/mol. The first-order valence-corrected chi connectivity index (χ1v) is 14.2. The van der Waals surface area contributed by atoms with Gasteiger partial charge in [-0.15, -0.1) is 0 Å². The molecule has 9 nitrogen and oxygen atoms in total. The van der Waals surface area contributed by atoms with Crippen LogP contribution in [0.25, 0.3) is 5.76 Å². The van der Waals surface area contributed by atoms with Crippen molar-refractivity contribution in [2.24, 2.45) is 0 Å². The fraction of sp³-hybridized carbons (Fsp3) is 0.484. The van der Waals surface area contributed by atoms with Crippen molar-refractivity contribution in [3.05, 3.63) is 58.7 Å². The molecule has 0 saturated carbocycles. The number of Topliss-reactive ketones (excluding diaryl/α,β-unsaturated/α-hetero) is 1. The minimum Gasteiger partial charge on any atom is -0.507 e. The topological polar surface area (TPSA) is 97.8 Å². The van der Waals surface area contributed by atoms with E-state index >= 15 is 0 Å². The summed E-state index contributed by atoms with van der Waals surface area (Å²) in [5, 5.41) is 11.6. The first kappa shape index (κ1) is 28.0. The second-order valence-electron chi connectivity index (χ2n) is 10.4. The summed E-state index contributed by atoms with van der Waals surface area (Å²) in [5.74, 6) is 0.404. The van der Waals surface area contributed by atoms with Gasteiger partial charge >= 0.3 is 0 Å². The van der Waals surface area contributed by atoms with E-state index in [0.29, 0.717) is 68.6 Å². The number of morpholine rings is 1. The van der Waals surface area contributed by atoms with Crippen LogP contribution < -0.4 is 14.2 Å². The Balaban J connectivity index is 1.56. The molecule has 0 aliphatic carbocycles. The quantitative estimate of drug-likeness (QED) is 0.270. The van der Waals surface area contributed by atoms with Crippen molar-refractivity contribution in [3.63, 3.8) is 0 Å². The molecule has 2 atom stereocenters. The van der Waals surface area contributed by atoms with Gasteiger partial charge in [0, 0.05) is 38.2 Å². The van der Waals surface area contributed by atoms with Crippen LogP contribution in [0, 0.1) is 0 Å². The first-order valence-electron chi connectivity index (χ1n) is 14.2. The van der Waals surface area contributed by atoms with Gasteiger partial charge in [0.2, 0.25) is 0 Å². The number of amides is 1. The number of hydrogen-bond acceptors (Lipinski definition) is 8. The second-order valence-corrected chi connectivity index (χ2v) is 10.4. The molecular weight excluding hydrogens is 512 g/mol. The molecule has 2 aromatic rings. The van der Waals surface area contributed by atoms with E-state index in [2.05, 4.69) is 4.90 Å². The summed E-state index contributed by atoms with van der Waals surface area (Å²) in [6.07, 6.45) is 1.60. The van der Waals surface area contributed by atoms with E-state index < -0.39 is 17.7 Å². The lowest BCUT2D eigenvalue weighted by Gasteiger charge is -2.31. The second kappa shape index (κ2) is 12.3. The lowest BCUT2D eigenvalue weighted by molar-refractivity contribution is -0.140. The van der Waals surface area contributed by atoms with Gasteiger partial charge in [-0.2, -0.15) is 0 Å². The Kier molecular flexibility index (Phi) is 8.61. The van der Waals surface area contributed by atoms with Crippen LogP contribution in [0.2, 0.25) is 0 Å². The zero-order valence-electron chi connectivity index (χ0n) is 23.5. The van der Waals surface area contributed by atoms with Crippen LogP contribution in [0.1, 0.15) is 49.9 Å². The van der Waals surface area contributed by atoms with E-state index in [4.69, 9.17) is 18.9 Å². The van der Waals surface area contributed by atoms with Gasteiger partial charge in [0.15, 0.2) is 11.5 Å². The molecular formula is C31H38N2O7. The summed E-state index contributed by atoms with van der Waals surface area (Å²) in [6.45, 7) is 10.6. The molecule has 2 aromatic carbocycles. The fourth-order valence-electron chi connectivity index (χ4n) is 5.55. The molecule has 9 heteroatoms. The van der Waals surface area contributed by atoms with Crippen LogP contribution >= 0.6 is 0 Å². The van der Waals surface area contributed by atoms with Gasteiger partial charge < -0.3 is 29.0 Å². The van der Waals surface area contributed by atoms with E-state index in [9.17, 15) is 14.7 Å². The number of carbonyl (C=O) groups excluding carboxylic acids is 2. The lowest BCUT2D eigenvalue weighted by Crippen LogP contribution is -2.42. The van der Waals surface area contributed by atoms with E-state index in [1.807, 2.05) is 51.1 Å². The van der Waals surface area contributed by atoms with Crippen LogP contribution in [0.15, 0.2) is 42.0 Å². The van der Waals surface area contributed by atoms with Crippen LogP contribution in [-0.4, -0.2) is 85.3 Å². The van der Waals surface area contributed by atoms with Crippen LogP contribution in [-0.2, 0) is 20.7 Å². The fourth-order valence-corrected chi connectivity index (χ4v) is 5.55. The highest BCUT2D eigenvalue weighted by atomic mass is 16.5. The van der Waals surface area contributed by atoms with Crippen LogP contribution in [0.4, 0.5) is 0 Å². The molecule has 0 spiro atoms. The third-order valence-corrected chi connectivity index (χ3v) is 7.52. The van der Waals surface area contributed by atoms with Gasteiger partial charge in [0.05, 0.1) is 38.0 Å². The summed E-state index contributed by atoms with van der Waals surface area (Å²) < 4.78 is 23.0. The van der Waals surface area contributed by atoms with Crippen molar-refractivity contribution in [2.45, 2.75) is 45.8 Å². The Labute approximate surface area is 235 Å². The summed E-state index contributed by atoms with van der Waals surface area (Å²) in [4.78, 5) is 30.8. The Morgan fingerprint density at radius 2 is 1.82 bits per heavy atom. The highest BCUT2D eigenvalue weighted by molar-refractivity contribution is 6.46. The summed E-state index contributed by atoms with van der Waals surface area (Å²) in [7, 11) is 0. The smallest absolute Gasteiger partial charge is 0.295 e. The number of aliphatic hydroxyl groups excluding tert-OH is 1. The third kappa shape index (κ3) is 5.67. The SMILES string of the molecule is CCCOc1ccc([C@@H]2C(=C(O)c3ccc4c(c3)C[C@H](C)O4)C(=O)C(=O)N2CCN2CCOCC2)cc1OCC. The highest BCUT2D eigenvalue weighted by Crippen LogP contribution is 2.43. The Morgan fingerprint density at radius 3 is 2.58 bits per heavy atom. The number of hydrogen-bond donors (Lipinski definition) is 1. The summed E-state index contributed by atoms with van der Waals surface area (Å²) in [6, 6.07) is 10.1. The highest BCUT2D eigenvalue weighted by Gasteiger charge is 2.46. The maximum atomic E-state index is 13.5. The number of benzene rings is 2. The zero-order chi connectivity index (χ0) is 28.2. The molecule has 1 N–H and O–H groups in total. The van der Waals surface area contributed by atoms with E-state index in [1.165, 1.54) is 0 Å². The maximum Gasteiger partial charge on any atom is 0.295 e. The van der Waals surface area contributed by atoms with Crippen LogP contribution in [0.3, 0.4) is 0 Å². The van der Waals surface area contributed by atoms with Crippen molar-refractivity contribution < 1.29 is 33.6 Å². The van der Waals surface area contributed by atoms with Crippen LogP contribution in [0.5, 0.6) is 17.2 Å². The minimum absolute atomic E-state index is 0.0450. The van der Waals surface area contributed by atoms with E-state index in [0.717, 1.165) is 30.8 Å². The van der Waals surface area contributed by atoms with Gasteiger partial charge in [0.25, 0.3) is 11.7 Å². The van der Waals surface area contributed by atoms with Gasteiger partial charge in [-0.3, -0.25) is 14.5 Å². The molecule has 3 aliphatic heterocycles. The number of nitrogens with zero attached hydrogens (tertiary/aromatic N) is 2. The molecule has 3 heterocycles. The van der Waals surface area contributed by atoms with Crippen molar-refractivity contribution in [3.8, 4) is 17.2 Å². The van der Waals surface area contributed by atoms with Gasteiger partial charge in [-0.05, 0) is 61.7 Å². The average Bonchev–Trinajstić information content (AvgIpc) is 3.46. The first-order chi connectivity index (χ1) is 19.4. The standard InChI is InChI=1S/C31H38N2O7/c1-4-14-39-25-9-6-21(19-26(25)38-5-2)28-27(29(34)22-7-8-24-23(18-22)17-20(3)40-24)30(35)31(36)33(28)11-10-32-12-15-37-16-13-32/h6-9,18-20,28,34H,4-5,10-17H2,1-3H3/t20-,28+/m0/s1. The van der Waals surface area contributed by atoms with Crippen molar-refractivity contribution in [1.29, 1.82) is 0 Å². The summed E-state index contributed by atoms with van der Waals surface area (Å²) >= 11 is 0. The Morgan fingerprint density at radius 1 is 1.02 bits per heavy atom. The number of fused-ring (bicyclic) bond motifs is 1. The van der Waals surface area contributed by atoms with Gasteiger partial charge in [-0.25, -0.2) is 0 Å². The predicted octanol–water partition coefficient (Wildman–Crippen LogP) is 3.95. The van der Waals surface area contributed by atoms with Gasteiger partial charge in [-0.1, -0.05) is 13.0 Å². The third-order valence-electron chi connectivity index (χ3n) is 7.52. The molecule has 2 fully saturated rings. The molecule has 5 rings (SSSR count). The zero-order valence-corrected chi connectivity index (χ0v) is 23.5. The average molecular weight is 551 g/mol. The largest absolute Gasteiger partial charge is 0.507 e. The number of likely N-dealkylation sites (tertiary alicyclic amines) is 1. The Hall–Kier alpha value is -3.56. The monoisotopic (exact) mass is 550 g/mol. The molecule has 40 heavy (non-hydrogen) atoms. The number of rotatable bonds is 10. The molecule has 0 radical (unpaired) electrons. The number of ketones is 1. The van der Waals surface area contributed by atoms with E-state index in [1.54, 1.807) is 11.0 Å². The van der Waals surface area contributed by atoms with Crippen molar-refractivity contribution in [1.82, 2.24) is 9.80 Å². The molecule has 3 aliphatic rings. The Bertz CT molecular complexity index is 1280. The van der Waals surface area contributed by atoms with Crippen molar-refractivity contribution in [2.75, 3.05) is 52.6 Å². The lowest BCUT2D eigenvalue weighted by atomic mass is 9.94.